The Balaban J connectivity index is 2.04. The summed E-state index contributed by atoms with van der Waals surface area (Å²) in [6.07, 6.45) is 1.79. The van der Waals surface area contributed by atoms with Gasteiger partial charge in [0.15, 0.2) is 5.76 Å². The van der Waals surface area contributed by atoms with Crippen LogP contribution < -0.4 is 0 Å². The highest BCUT2D eigenvalue weighted by atomic mass is 79.9. The number of aryl methyl sites for hydroxylation is 1. The van der Waals surface area contributed by atoms with Crippen LogP contribution in [0.25, 0.3) is 11.8 Å². The van der Waals surface area contributed by atoms with Gasteiger partial charge in [0.25, 0.3) is 0 Å². The molecule has 0 amide bonds. The van der Waals surface area contributed by atoms with Crippen molar-refractivity contribution in [3.63, 3.8) is 0 Å². The van der Waals surface area contributed by atoms with E-state index >= 15 is 0 Å². The van der Waals surface area contributed by atoms with Gasteiger partial charge in [-0.1, -0.05) is 22.0 Å². The highest BCUT2D eigenvalue weighted by Crippen LogP contribution is 2.29. The van der Waals surface area contributed by atoms with Gasteiger partial charge in [0.2, 0.25) is 0 Å². The molecule has 0 aliphatic carbocycles. The largest absolute Gasteiger partial charge is 0.505 e. The van der Waals surface area contributed by atoms with Crippen molar-refractivity contribution in [3.05, 3.63) is 68.8 Å². The molecule has 0 spiro atoms. The van der Waals surface area contributed by atoms with Gasteiger partial charge in [0.1, 0.15) is 11.3 Å². The van der Waals surface area contributed by atoms with Crippen LogP contribution in [-0.2, 0) is 9.53 Å². The Kier molecular flexibility index (Phi) is 5.37. The quantitative estimate of drug-likeness (QED) is 0.693. The number of nitrogens with zero attached hydrogens (tertiary/aromatic N) is 2. The molecular formula is C21H21BrN2O3. The van der Waals surface area contributed by atoms with Gasteiger partial charge in [-0.2, -0.15) is 0 Å². The average molecular weight is 429 g/mol. The Labute approximate surface area is 166 Å². The molecule has 0 saturated carbocycles. The van der Waals surface area contributed by atoms with Crippen molar-refractivity contribution in [2.45, 2.75) is 27.7 Å². The Bertz CT molecular complexity index is 1010. The second kappa shape index (κ2) is 7.56. The summed E-state index contributed by atoms with van der Waals surface area (Å²) in [6, 6.07) is 10.1. The highest BCUT2D eigenvalue weighted by Gasteiger charge is 2.28. The lowest BCUT2D eigenvalue weighted by Crippen LogP contribution is -2.13. The van der Waals surface area contributed by atoms with Crippen LogP contribution in [0.2, 0.25) is 0 Å². The average Bonchev–Trinajstić information content (AvgIpc) is 3.03. The number of aliphatic hydroxyl groups excluding tert-OH is 1. The molecule has 2 heterocycles. The molecule has 2 aromatic rings. The predicted octanol–water partition coefficient (Wildman–Crippen LogP) is 5.05. The molecule has 1 aromatic heterocycles. The molecule has 1 N–H and O–H groups in total. The lowest BCUT2D eigenvalue weighted by molar-refractivity contribution is -0.138. The SMILES string of the molecule is CCOC(=O)C1=C(O)/C(=C\c2cc(C)n(-c3cccc(Br)c3)c2C)N=C1C. The first-order valence-electron chi connectivity index (χ1n) is 8.66. The summed E-state index contributed by atoms with van der Waals surface area (Å²) in [6.45, 7) is 7.70. The van der Waals surface area contributed by atoms with E-state index in [0.717, 1.165) is 27.1 Å². The second-order valence-electron chi connectivity index (χ2n) is 6.31. The summed E-state index contributed by atoms with van der Waals surface area (Å²) in [5, 5.41) is 10.5. The Morgan fingerprint density at radius 1 is 1.30 bits per heavy atom. The zero-order valence-electron chi connectivity index (χ0n) is 15.7. The van der Waals surface area contributed by atoms with Gasteiger partial charge >= 0.3 is 5.97 Å². The van der Waals surface area contributed by atoms with Crippen molar-refractivity contribution in [2.75, 3.05) is 6.61 Å². The van der Waals surface area contributed by atoms with Crippen LogP contribution in [-0.4, -0.2) is 28.0 Å². The first-order valence-corrected chi connectivity index (χ1v) is 9.45. The summed E-state index contributed by atoms with van der Waals surface area (Å²) >= 11 is 3.51. The third kappa shape index (κ3) is 3.62. The maximum absolute atomic E-state index is 12.0. The van der Waals surface area contributed by atoms with Crippen LogP contribution in [0, 0.1) is 13.8 Å². The highest BCUT2D eigenvalue weighted by molar-refractivity contribution is 9.10. The number of carbonyl (C=O) groups excluding carboxylic acids is 1. The van der Waals surface area contributed by atoms with Crippen molar-refractivity contribution in [1.82, 2.24) is 4.57 Å². The van der Waals surface area contributed by atoms with Gasteiger partial charge in [-0.3, -0.25) is 0 Å². The monoisotopic (exact) mass is 428 g/mol. The molecule has 0 fully saturated rings. The molecule has 140 valence electrons. The Morgan fingerprint density at radius 2 is 2.04 bits per heavy atom. The van der Waals surface area contributed by atoms with Gasteiger partial charge in [-0.15, -0.1) is 0 Å². The van der Waals surface area contributed by atoms with E-state index in [1.807, 2.05) is 44.2 Å². The molecule has 1 aliphatic heterocycles. The number of ether oxygens (including phenoxy) is 1. The number of hydrogen-bond donors (Lipinski definition) is 1. The lowest BCUT2D eigenvalue weighted by atomic mass is 10.1. The van der Waals surface area contributed by atoms with E-state index in [1.54, 1.807) is 19.9 Å². The maximum atomic E-state index is 12.0. The van der Waals surface area contributed by atoms with Crippen LogP contribution >= 0.6 is 15.9 Å². The van der Waals surface area contributed by atoms with E-state index in [-0.39, 0.29) is 17.9 Å². The fourth-order valence-electron chi connectivity index (χ4n) is 3.23. The van der Waals surface area contributed by atoms with Gasteiger partial charge < -0.3 is 14.4 Å². The van der Waals surface area contributed by atoms with Gasteiger partial charge in [-0.25, -0.2) is 9.79 Å². The summed E-state index contributed by atoms with van der Waals surface area (Å²) in [5.41, 5.74) is 5.00. The van der Waals surface area contributed by atoms with E-state index in [9.17, 15) is 9.90 Å². The summed E-state index contributed by atoms with van der Waals surface area (Å²) in [4.78, 5) is 16.4. The fraction of sp³-hybridized carbons (Fsp3) is 0.238. The molecule has 3 rings (SSSR count). The number of carbonyl (C=O) groups is 1. The van der Waals surface area contributed by atoms with E-state index in [1.165, 1.54) is 0 Å². The summed E-state index contributed by atoms with van der Waals surface area (Å²) in [5.74, 6) is -0.697. The van der Waals surface area contributed by atoms with E-state index < -0.39 is 5.97 Å². The zero-order valence-corrected chi connectivity index (χ0v) is 17.3. The number of esters is 1. The minimum Gasteiger partial charge on any atom is -0.505 e. The third-order valence-electron chi connectivity index (χ3n) is 4.44. The number of benzene rings is 1. The van der Waals surface area contributed by atoms with Crippen LogP contribution in [0.5, 0.6) is 0 Å². The van der Waals surface area contributed by atoms with E-state index in [2.05, 4.69) is 25.5 Å². The predicted molar refractivity (Wildman–Crippen MR) is 110 cm³/mol. The van der Waals surface area contributed by atoms with Crippen LogP contribution in [0.15, 0.2) is 56.8 Å². The lowest BCUT2D eigenvalue weighted by Gasteiger charge is -2.10. The van der Waals surface area contributed by atoms with Crippen molar-refractivity contribution in [1.29, 1.82) is 0 Å². The van der Waals surface area contributed by atoms with Crippen molar-refractivity contribution >= 4 is 33.7 Å². The number of aromatic nitrogens is 1. The van der Waals surface area contributed by atoms with Crippen molar-refractivity contribution < 1.29 is 14.6 Å². The minimum atomic E-state index is -0.556. The molecule has 27 heavy (non-hydrogen) atoms. The van der Waals surface area contributed by atoms with E-state index in [4.69, 9.17) is 4.74 Å². The Hall–Kier alpha value is -2.60. The van der Waals surface area contributed by atoms with E-state index in [0.29, 0.717) is 11.4 Å². The molecule has 1 aliphatic rings. The molecule has 0 atom stereocenters. The van der Waals surface area contributed by atoms with Crippen molar-refractivity contribution in [2.24, 2.45) is 4.99 Å². The normalized spacial score (nSPS) is 15.4. The Morgan fingerprint density at radius 3 is 2.70 bits per heavy atom. The molecule has 5 nitrogen and oxygen atoms in total. The third-order valence-corrected chi connectivity index (χ3v) is 4.93. The van der Waals surface area contributed by atoms with Gasteiger partial charge in [0.05, 0.1) is 12.3 Å². The minimum absolute atomic E-state index is 0.129. The number of hydrogen-bond acceptors (Lipinski definition) is 4. The summed E-state index contributed by atoms with van der Waals surface area (Å²) < 4.78 is 8.15. The second-order valence-corrected chi connectivity index (χ2v) is 7.23. The standard InChI is InChI=1S/C21H21BrN2O3/c1-5-27-21(26)19-13(3)23-18(20(19)25)10-15-9-12(2)24(14(15)4)17-8-6-7-16(22)11-17/h6-11,25H,5H2,1-4H3/b18-10+. The maximum Gasteiger partial charge on any atom is 0.343 e. The van der Waals surface area contributed by atoms with Gasteiger partial charge in [-0.05, 0) is 63.6 Å². The molecule has 0 bridgehead atoms. The number of rotatable bonds is 4. The molecular weight excluding hydrogens is 408 g/mol. The molecule has 0 radical (unpaired) electrons. The van der Waals surface area contributed by atoms with Gasteiger partial charge in [0, 0.05) is 21.5 Å². The first-order chi connectivity index (χ1) is 12.8. The number of halogens is 1. The molecule has 6 heteroatoms. The molecule has 0 unspecified atom stereocenters. The van der Waals surface area contributed by atoms with Crippen LogP contribution in [0.4, 0.5) is 0 Å². The number of aliphatic imine (C=N–C) groups is 1. The summed E-state index contributed by atoms with van der Waals surface area (Å²) in [7, 11) is 0. The van der Waals surface area contributed by atoms with Crippen molar-refractivity contribution in [3.8, 4) is 5.69 Å². The molecule has 0 saturated heterocycles. The number of aliphatic hydroxyl groups is 1. The topological polar surface area (TPSA) is 63.8 Å². The smallest absolute Gasteiger partial charge is 0.343 e. The first kappa shape index (κ1) is 19.2. The van der Waals surface area contributed by atoms with Crippen LogP contribution in [0.1, 0.15) is 30.8 Å². The van der Waals surface area contributed by atoms with Crippen LogP contribution in [0.3, 0.4) is 0 Å². The zero-order chi connectivity index (χ0) is 19.7. The molecule has 1 aromatic carbocycles. The fourth-order valence-corrected chi connectivity index (χ4v) is 3.62.